The van der Waals surface area contributed by atoms with Gasteiger partial charge in [-0.3, -0.25) is 0 Å². The molecule has 0 radical (unpaired) electrons. The van der Waals surface area contributed by atoms with E-state index < -0.39 is 0 Å². The molecule has 2 nitrogen and oxygen atoms in total. The molecule has 0 saturated heterocycles. The summed E-state index contributed by atoms with van der Waals surface area (Å²) in [4.78, 5) is 2.50. The maximum Gasteiger partial charge on any atom is 0.0701 e. The largest absolute Gasteiger partial charge is 0.349 e. The highest BCUT2D eigenvalue weighted by Gasteiger charge is 2.21. The first kappa shape index (κ1) is 8.32. The Kier molecular flexibility index (Phi) is 1.63. The first-order valence-corrected chi connectivity index (χ1v) is 5.81. The summed E-state index contributed by atoms with van der Waals surface area (Å²) in [7, 11) is 0. The van der Waals surface area contributed by atoms with Gasteiger partial charge in [0.15, 0.2) is 0 Å². The topological polar surface area (TPSA) is 24.1 Å². The molecule has 0 aliphatic carbocycles. The van der Waals surface area contributed by atoms with E-state index in [1.807, 2.05) is 0 Å². The number of anilines is 2. The molecule has 3 rings (SSSR count). The second-order valence-electron chi connectivity index (χ2n) is 3.15. The molecular weight excluding hydrogens is 212 g/mol. The normalized spacial score (nSPS) is 17.4. The molecule has 0 atom stereocenters. The fourth-order valence-electron chi connectivity index (χ4n) is 1.54. The van der Waals surface area contributed by atoms with Gasteiger partial charge in [0, 0.05) is 9.79 Å². The van der Waals surface area contributed by atoms with Crippen LogP contribution in [-0.4, -0.2) is 0 Å². The minimum atomic E-state index is 0.993. The number of rotatable bonds is 0. The van der Waals surface area contributed by atoms with Crippen LogP contribution in [-0.2, 0) is 0 Å². The lowest BCUT2D eigenvalue weighted by atomic mass is 10.3. The van der Waals surface area contributed by atoms with Crippen molar-refractivity contribution < 1.29 is 0 Å². The Morgan fingerprint density at radius 1 is 0.857 bits per heavy atom. The lowest BCUT2D eigenvalue weighted by Crippen LogP contribution is -1.89. The molecule has 0 aromatic heterocycles. The highest BCUT2D eigenvalue weighted by molar-refractivity contribution is 8.04. The van der Waals surface area contributed by atoms with Crippen LogP contribution in [0.4, 0.5) is 11.4 Å². The van der Waals surface area contributed by atoms with E-state index in [4.69, 9.17) is 0 Å². The fourth-order valence-corrected chi connectivity index (χ4v) is 3.26. The lowest BCUT2D eigenvalue weighted by Gasteiger charge is -2.01. The van der Waals surface area contributed by atoms with Crippen molar-refractivity contribution in [1.29, 1.82) is 0 Å². The van der Waals surface area contributed by atoms with Crippen molar-refractivity contribution in [3.05, 3.63) is 35.3 Å². The van der Waals surface area contributed by atoms with Gasteiger partial charge in [-0.1, -0.05) is 36.7 Å². The highest BCUT2D eigenvalue weighted by Crippen LogP contribution is 2.48. The Morgan fingerprint density at radius 2 is 1.36 bits per heavy atom. The summed E-state index contributed by atoms with van der Waals surface area (Å²) in [5.41, 5.74) is 2.28. The third kappa shape index (κ3) is 1.14. The predicted octanol–water partition coefficient (Wildman–Crippen LogP) is 3.66. The molecule has 4 heteroatoms. The number of hydrogen-bond acceptors (Lipinski definition) is 4. The van der Waals surface area contributed by atoms with E-state index in [-0.39, 0.29) is 0 Å². The molecule has 0 spiro atoms. The van der Waals surface area contributed by atoms with E-state index in [0.717, 1.165) is 21.4 Å². The first-order chi connectivity index (χ1) is 6.72. The maximum atomic E-state index is 3.89. The van der Waals surface area contributed by atoms with Gasteiger partial charge in [-0.25, -0.2) is 0 Å². The van der Waals surface area contributed by atoms with E-state index in [1.54, 1.807) is 23.5 Å². The quantitative estimate of drug-likeness (QED) is 0.696. The van der Waals surface area contributed by atoms with E-state index in [1.165, 1.54) is 9.79 Å². The molecule has 14 heavy (non-hydrogen) atoms. The van der Waals surface area contributed by atoms with Crippen molar-refractivity contribution in [2.45, 2.75) is 9.79 Å². The Balaban J connectivity index is 2.13. The van der Waals surface area contributed by atoms with Crippen LogP contribution < -0.4 is 10.6 Å². The molecule has 0 fully saturated rings. The molecule has 0 unspecified atom stereocenters. The van der Waals surface area contributed by atoms with Gasteiger partial charge in [0.25, 0.3) is 0 Å². The lowest BCUT2D eigenvalue weighted by molar-refractivity contribution is 1.35. The molecule has 0 amide bonds. The predicted molar refractivity (Wildman–Crippen MR) is 63.7 cm³/mol. The van der Waals surface area contributed by atoms with Gasteiger partial charge in [-0.05, 0) is 12.1 Å². The third-order valence-corrected chi connectivity index (χ3v) is 3.91. The van der Waals surface area contributed by atoms with Gasteiger partial charge in [0.1, 0.15) is 0 Å². The number of hydrogen-bond donors (Lipinski definition) is 2. The van der Waals surface area contributed by atoms with Crippen LogP contribution in [0.1, 0.15) is 0 Å². The zero-order valence-corrected chi connectivity index (χ0v) is 9.02. The molecule has 2 aliphatic rings. The van der Waals surface area contributed by atoms with Gasteiger partial charge in [-0.2, -0.15) is 0 Å². The average molecular weight is 220 g/mol. The molecule has 2 heterocycles. The molecule has 70 valence electrons. The molecule has 2 aliphatic heterocycles. The summed E-state index contributed by atoms with van der Waals surface area (Å²) in [5, 5.41) is 8.45. The maximum absolute atomic E-state index is 3.89. The number of benzene rings is 1. The molecular formula is C10H8N2S2. The third-order valence-electron chi connectivity index (χ3n) is 2.10. The summed E-state index contributed by atoms with van der Waals surface area (Å²) in [6.45, 7) is 7.79. The van der Waals surface area contributed by atoms with Crippen LogP contribution >= 0.6 is 23.5 Å². The standard InChI is InChI=1S/C10H8N2S2/c1-5-11-7-3-8-10(4-9(7)13-5)14-6(2)12-8/h3-4,11-12H,1-2H2. The average Bonchev–Trinajstić information content (AvgIpc) is 2.59. The van der Waals surface area contributed by atoms with Crippen LogP contribution in [0, 0.1) is 0 Å². The van der Waals surface area contributed by atoms with Crippen molar-refractivity contribution in [1.82, 2.24) is 0 Å². The Bertz CT molecular complexity index is 387. The number of nitrogens with one attached hydrogen (secondary N) is 2. The van der Waals surface area contributed by atoms with E-state index >= 15 is 0 Å². The molecule has 0 saturated carbocycles. The van der Waals surface area contributed by atoms with Crippen molar-refractivity contribution >= 4 is 34.9 Å². The molecule has 0 bridgehead atoms. The van der Waals surface area contributed by atoms with Gasteiger partial charge in [0.2, 0.25) is 0 Å². The van der Waals surface area contributed by atoms with Gasteiger partial charge in [0.05, 0.1) is 21.4 Å². The zero-order valence-electron chi connectivity index (χ0n) is 7.39. The van der Waals surface area contributed by atoms with E-state index in [2.05, 4.69) is 35.9 Å². The van der Waals surface area contributed by atoms with E-state index in [0.29, 0.717) is 0 Å². The molecule has 1 aromatic carbocycles. The van der Waals surface area contributed by atoms with Gasteiger partial charge < -0.3 is 10.6 Å². The smallest absolute Gasteiger partial charge is 0.0701 e. The number of thioether (sulfide) groups is 2. The van der Waals surface area contributed by atoms with Crippen molar-refractivity contribution in [2.75, 3.05) is 10.6 Å². The van der Waals surface area contributed by atoms with Crippen LogP contribution in [0.15, 0.2) is 45.1 Å². The summed E-state index contributed by atoms with van der Waals surface area (Å²) in [6, 6.07) is 4.29. The highest BCUT2D eigenvalue weighted by atomic mass is 32.2. The van der Waals surface area contributed by atoms with Crippen molar-refractivity contribution in [2.24, 2.45) is 0 Å². The summed E-state index contributed by atoms with van der Waals surface area (Å²) in [6.07, 6.45) is 0. The Labute approximate surface area is 90.8 Å². The van der Waals surface area contributed by atoms with Gasteiger partial charge >= 0.3 is 0 Å². The fraction of sp³-hybridized carbons (Fsp3) is 0. The van der Waals surface area contributed by atoms with Crippen LogP contribution in [0.5, 0.6) is 0 Å². The summed E-state index contributed by atoms with van der Waals surface area (Å²) >= 11 is 3.36. The second kappa shape index (κ2) is 2.74. The summed E-state index contributed by atoms with van der Waals surface area (Å²) in [5.74, 6) is 0. The van der Waals surface area contributed by atoms with Crippen LogP contribution in [0.25, 0.3) is 0 Å². The van der Waals surface area contributed by atoms with Gasteiger partial charge in [-0.15, -0.1) is 0 Å². The first-order valence-electron chi connectivity index (χ1n) is 4.18. The van der Waals surface area contributed by atoms with E-state index in [9.17, 15) is 0 Å². The minimum Gasteiger partial charge on any atom is -0.349 e. The molecule has 1 aromatic rings. The summed E-state index contributed by atoms with van der Waals surface area (Å²) < 4.78 is 0. The Morgan fingerprint density at radius 3 is 1.86 bits per heavy atom. The zero-order chi connectivity index (χ0) is 9.71. The van der Waals surface area contributed by atoms with Crippen LogP contribution in [0.3, 0.4) is 0 Å². The SMILES string of the molecule is C=C1Nc2cc3c(cc2S1)SC(=C)N3. The van der Waals surface area contributed by atoms with Crippen molar-refractivity contribution in [3.63, 3.8) is 0 Å². The second-order valence-corrected chi connectivity index (χ2v) is 5.42. The van der Waals surface area contributed by atoms with Crippen LogP contribution in [0.2, 0.25) is 0 Å². The minimum absolute atomic E-state index is 0.993. The van der Waals surface area contributed by atoms with Crippen molar-refractivity contribution in [3.8, 4) is 0 Å². The monoisotopic (exact) mass is 220 g/mol. The number of fused-ring (bicyclic) bond motifs is 2. The molecule has 2 N–H and O–H groups in total. The Hall–Kier alpha value is -1.00.